The quantitative estimate of drug-likeness (QED) is 0.166. The van der Waals surface area contributed by atoms with E-state index in [0.717, 1.165) is 50.1 Å². The van der Waals surface area contributed by atoms with E-state index in [1.54, 1.807) is 0 Å². The van der Waals surface area contributed by atoms with Crippen LogP contribution in [0.25, 0.3) is 77.2 Å². The molecule has 0 atom stereocenters. The van der Waals surface area contributed by atoms with Crippen LogP contribution in [0.4, 0.5) is 17.1 Å². The predicted molar refractivity (Wildman–Crippen MR) is 228 cm³/mol. The number of hydrogen-bond donors (Lipinski definition) is 0. The van der Waals surface area contributed by atoms with E-state index in [9.17, 15) is 0 Å². The number of benzene rings is 9. The number of para-hydroxylation sites is 1. The first-order valence-electron chi connectivity index (χ1n) is 18.4. The second-order valence-corrected chi connectivity index (χ2v) is 13.8. The van der Waals surface area contributed by atoms with Crippen LogP contribution in [0.15, 0.2) is 217 Å². The van der Waals surface area contributed by atoms with Crippen LogP contribution in [0.1, 0.15) is 0 Å². The summed E-state index contributed by atoms with van der Waals surface area (Å²) in [6.07, 6.45) is 0. The number of hydrogen-bond acceptors (Lipinski definition) is 2. The highest BCUT2D eigenvalue weighted by Crippen LogP contribution is 2.40. The van der Waals surface area contributed by atoms with Gasteiger partial charge in [0, 0.05) is 27.8 Å². The molecular weight excluding hydrogens is 655 g/mol. The molecule has 2 nitrogen and oxygen atoms in total. The summed E-state index contributed by atoms with van der Waals surface area (Å²) in [6, 6.07) is 75.9. The lowest BCUT2D eigenvalue weighted by Gasteiger charge is -2.26. The maximum absolute atomic E-state index is 6.14. The first-order valence-corrected chi connectivity index (χ1v) is 18.4. The van der Waals surface area contributed by atoms with Crippen LogP contribution in [-0.4, -0.2) is 0 Å². The van der Waals surface area contributed by atoms with E-state index in [1.165, 1.54) is 44.2 Å². The Morgan fingerprint density at radius 1 is 0.278 bits per heavy atom. The molecule has 0 saturated carbocycles. The highest BCUT2D eigenvalue weighted by atomic mass is 16.3. The third kappa shape index (κ3) is 5.81. The second kappa shape index (κ2) is 13.4. The number of furan rings is 1. The van der Waals surface area contributed by atoms with E-state index >= 15 is 0 Å². The van der Waals surface area contributed by atoms with Crippen LogP contribution in [0.3, 0.4) is 0 Å². The van der Waals surface area contributed by atoms with Gasteiger partial charge in [0.05, 0.1) is 0 Å². The molecular formula is C52H35NO. The minimum Gasteiger partial charge on any atom is -0.456 e. The fourth-order valence-corrected chi connectivity index (χ4v) is 7.73. The molecule has 0 radical (unpaired) electrons. The van der Waals surface area contributed by atoms with E-state index in [1.807, 2.05) is 12.1 Å². The van der Waals surface area contributed by atoms with Crippen molar-refractivity contribution in [2.75, 3.05) is 4.90 Å². The van der Waals surface area contributed by atoms with Gasteiger partial charge >= 0.3 is 0 Å². The molecule has 0 saturated heterocycles. The molecule has 1 aromatic heterocycles. The zero-order chi connectivity index (χ0) is 35.8. The zero-order valence-corrected chi connectivity index (χ0v) is 29.6. The highest BCUT2D eigenvalue weighted by Gasteiger charge is 2.16. The summed E-state index contributed by atoms with van der Waals surface area (Å²) in [7, 11) is 0. The Hall–Kier alpha value is -7.16. The summed E-state index contributed by atoms with van der Waals surface area (Å²) in [4.78, 5) is 2.34. The van der Waals surface area contributed by atoms with Crippen molar-refractivity contribution < 1.29 is 4.42 Å². The first kappa shape index (κ1) is 31.6. The first-order chi connectivity index (χ1) is 26.7. The van der Waals surface area contributed by atoms with E-state index < -0.39 is 0 Å². The van der Waals surface area contributed by atoms with Crippen LogP contribution in [0.5, 0.6) is 0 Å². The van der Waals surface area contributed by atoms with Gasteiger partial charge in [-0.2, -0.15) is 0 Å². The van der Waals surface area contributed by atoms with Crippen molar-refractivity contribution in [2.24, 2.45) is 0 Å². The Morgan fingerprint density at radius 2 is 0.778 bits per heavy atom. The van der Waals surface area contributed by atoms with Crippen LogP contribution in [0.2, 0.25) is 0 Å². The van der Waals surface area contributed by atoms with Gasteiger partial charge in [-0.05, 0) is 110 Å². The van der Waals surface area contributed by atoms with Crippen molar-refractivity contribution in [2.45, 2.75) is 0 Å². The van der Waals surface area contributed by atoms with E-state index in [4.69, 9.17) is 4.42 Å². The molecule has 0 bridgehead atoms. The van der Waals surface area contributed by atoms with Gasteiger partial charge in [-0.3, -0.25) is 0 Å². The van der Waals surface area contributed by atoms with Gasteiger partial charge in [-0.1, -0.05) is 158 Å². The van der Waals surface area contributed by atoms with E-state index in [-0.39, 0.29) is 0 Å². The maximum atomic E-state index is 6.14. The molecule has 0 aliphatic heterocycles. The molecule has 10 rings (SSSR count). The van der Waals surface area contributed by atoms with Gasteiger partial charge in [-0.15, -0.1) is 0 Å². The molecule has 54 heavy (non-hydrogen) atoms. The minimum atomic E-state index is 0.902. The van der Waals surface area contributed by atoms with Crippen molar-refractivity contribution in [3.05, 3.63) is 212 Å². The maximum Gasteiger partial charge on any atom is 0.135 e. The van der Waals surface area contributed by atoms with Gasteiger partial charge in [0.1, 0.15) is 11.2 Å². The van der Waals surface area contributed by atoms with Crippen molar-refractivity contribution in [3.63, 3.8) is 0 Å². The topological polar surface area (TPSA) is 16.4 Å². The van der Waals surface area contributed by atoms with Crippen molar-refractivity contribution in [3.8, 4) is 44.5 Å². The zero-order valence-electron chi connectivity index (χ0n) is 29.6. The Kier molecular flexibility index (Phi) is 7.85. The summed E-state index contributed by atoms with van der Waals surface area (Å²) in [5.41, 5.74) is 14.6. The van der Waals surface area contributed by atoms with Gasteiger partial charge in [-0.25, -0.2) is 0 Å². The standard InChI is InChI=1S/C52H35NO/c1-2-10-36(11-3-1)38-24-29-44(30-25-38)53(46-15-8-14-42(34-46)43-28-33-52-50(35-43)49-17-6-7-19-51(49)54-52)45-31-26-39(27-32-45)37-20-22-41(23-21-37)48-18-9-13-40-12-4-5-16-47(40)48/h1-35H. The average molecular weight is 690 g/mol. The van der Waals surface area contributed by atoms with Crippen molar-refractivity contribution in [1.29, 1.82) is 0 Å². The Balaban J connectivity index is 1.02. The molecule has 0 amide bonds. The Labute approximate surface area is 314 Å². The lowest BCUT2D eigenvalue weighted by Crippen LogP contribution is -2.10. The van der Waals surface area contributed by atoms with Crippen molar-refractivity contribution >= 4 is 49.8 Å². The minimum absolute atomic E-state index is 0.902. The third-order valence-electron chi connectivity index (χ3n) is 10.5. The monoisotopic (exact) mass is 689 g/mol. The lowest BCUT2D eigenvalue weighted by atomic mass is 9.96. The molecule has 2 heteroatoms. The number of fused-ring (bicyclic) bond motifs is 4. The van der Waals surface area contributed by atoms with E-state index in [0.29, 0.717) is 0 Å². The molecule has 254 valence electrons. The normalized spacial score (nSPS) is 11.3. The largest absolute Gasteiger partial charge is 0.456 e. The molecule has 0 aliphatic carbocycles. The molecule has 1 heterocycles. The molecule has 10 aromatic rings. The lowest BCUT2D eigenvalue weighted by molar-refractivity contribution is 0.669. The molecule has 0 spiro atoms. The van der Waals surface area contributed by atoms with Gasteiger partial charge < -0.3 is 9.32 Å². The van der Waals surface area contributed by atoms with E-state index in [2.05, 4.69) is 205 Å². The summed E-state index contributed by atoms with van der Waals surface area (Å²) < 4.78 is 6.14. The third-order valence-corrected chi connectivity index (χ3v) is 10.5. The number of nitrogens with zero attached hydrogens (tertiary/aromatic N) is 1. The molecule has 0 fully saturated rings. The van der Waals surface area contributed by atoms with Gasteiger partial charge in [0.2, 0.25) is 0 Å². The molecule has 0 N–H and O–H groups in total. The predicted octanol–water partition coefficient (Wildman–Crippen LogP) is 14.9. The van der Waals surface area contributed by atoms with Gasteiger partial charge in [0.15, 0.2) is 0 Å². The van der Waals surface area contributed by atoms with Crippen LogP contribution < -0.4 is 4.90 Å². The Morgan fingerprint density at radius 3 is 1.52 bits per heavy atom. The molecule has 9 aromatic carbocycles. The average Bonchev–Trinajstić information content (AvgIpc) is 3.63. The fourth-order valence-electron chi connectivity index (χ4n) is 7.73. The summed E-state index contributed by atoms with van der Waals surface area (Å²) in [5.74, 6) is 0. The summed E-state index contributed by atoms with van der Waals surface area (Å²) >= 11 is 0. The molecule has 0 unspecified atom stereocenters. The Bertz CT molecular complexity index is 2900. The highest BCUT2D eigenvalue weighted by molar-refractivity contribution is 6.06. The van der Waals surface area contributed by atoms with Gasteiger partial charge in [0.25, 0.3) is 0 Å². The van der Waals surface area contributed by atoms with Crippen LogP contribution in [-0.2, 0) is 0 Å². The second-order valence-electron chi connectivity index (χ2n) is 13.8. The smallest absolute Gasteiger partial charge is 0.135 e. The molecule has 0 aliphatic rings. The summed E-state index contributed by atoms with van der Waals surface area (Å²) in [5, 5.41) is 4.79. The SMILES string of the molecule is c1ccc(-c2ccc(N(c3ccc(-c4ccc(-c5cccc6ccccc56)cc4)cc3)c3cccc(-c4ccc5oc6ccccc6c5c4)c3)cc2)cc1. The number of anilines is 3. The summed E-state index contributed by atoms with van der Waals surface area (Å²) in [6.45, 7) is 0. The van der Waals surface area contributed by atoms with Crippen LogP contribution >= 0.6 is 0 Å². The van der Waals surface area contributed by atoms with Crippen LogP contribution in [0, 0.1) is 0 Å². The van der Waals surface area contributed by atoms with Crippen molar-refractivity contribution in [1.82, 2.24) is 0 Å². The number of rotatable bonds is 7. The fraction of sp³-hybridized carbons (Fsp3) is 0.